The maximum absolute atomic E-state index is 12.4. The topological polar surface area (TPSA) is 49.3 Å². The highest BCUT2D eigenvalue weighted by atomic mass is 16.3. The molecule has 21 heavy (non-hydrogen) atoms. The molecule has 3 heteroatoms. The number of benzene rings is 2. The van der Waals surface area contributed by atoms with Crippen molar-refractivity contribution in [2.24, 2.45) is 0 Å². The lowest BCUT2D eigenvalue weighted by atomic mass is 9.95. The average molecular weight is 283 g/mol. The first-order valence-corrected chi connectivity index (χ1v) is 7.15. The minimum absolute atomic E-state index is 0.0931. The first-order valence-electron chi connectivity index (χ1n) is 7.15. The first kappa shape index (κ1) is 15.1. The van der Waals surface area contributed by atoms with Crippen LogP contribution in [0.3, 0.4) is 0 Å². The van der Waals surface area contributed by atoms with Crippen LogP contribution in [0.5, 0.6) is 5.75 Å². The van der Waals surface area contributed by atoms with Crippen LogP contribution in [0.1, 0.15) is 46.8 Å². The maximum atomic E-state index is 12.4. The van der Waals surface area contributed by atoms with E-state index in [0.717, 1.165) is 16.7 Å². The molecule has 0 spiro atoms. The van der Waals surface area contributed by atoms with E-state index in [1.54, 1.807) is 0 Å². The molecular formula is C18H21NO2. The molecule has 0 aliphatic heterocycles. The van der Waals surface area contributed by atoms with Crippen LogP contribution < -0.4 is 5.32 Å². The van der Waals surface area contributed by atoms with E-state index in [1.807, 2.05) is 63.2 Å². The van der Waals surface area contributed by atoms with Crippen LogP contribution in [0.2, 0.25) is 0 Å². The van der Waals surface area contributed by atoms with E-state index in [0.29, 0.717) is 12.1 Å². The van der Waals surface area contributed by atoms with Crippen molar-refractivity contribution in [2.45, 2.75) is 33.2 Å². The zero-order chi connectivity index (χ0) is 15.4. The van der Waals surface area contributed by atoms with Crippen molar-refractivity contribution in [3.05, 3.63) is 64.7 Å². The standard InChI is InChI=1S/C18H21NO2/c1-12(2)15-10-9-13(3)16(17(15)20)18(21)19-11-14-7-5-4-6-8-14/h4-10,12,20H,11H2,1-3H3,(H,19,21). The molecule has 1 amide bonds. The molecule has 0 atom stereocenters. The molecule has 0 saturated heterocycles. The molecule has 3 nitrogen and oxygen atoms in total. The summed E-state index contributed by atoms with van der Waals surface area (Å²) in [7, 11) is 0. The number of carbonyl (C=O) groups excluding carboxylic acids is 1. The van der Waals surface area contributed by atoms with Gasteiger partial charge in [0.15, 0.2) is 0 Å². The summed E-state index contributed by atoms with van der Waals surface area (Å²) < 4.78 is 0. The van der Waals surface area contributed by atoms with Gasteiger partial charge in [0.25, 0.3) is 5.91 Å². The number of aromatic hydroxyl groups is 1. The van der Waals surface area contributed by atoms with E-state index in [-0.39, 0.29) is 17.6 Å². The molecule has 0 aliphatic carbocycles. The Bertz CT molecular complexity index is 633. The number of rotatable bonds is 4. The predicted molar refractivity (Wildman–Crippen MR) is 84.5 cm³/mol. The van der Waals surface area contributed by atoms with E-state index in [1.165, 1.54) is 0 Å². The SMILES string of the molecule is Cc1ccc(C(C)C)c(O)c1C(=O)NCc1ccccc1. The van der Waals surface area contributed by atoms with Crippen molar-refractivity contribution < 1.29 is 9.90 Å². The summed E-state index contributed by atoms with van der Waals surface area (Å²) in [4.78, 5) is 12.4. The Morgan fingerprint density at radius 1 is 1.14 bits per heavy atom. The molecule has 2 aromatic rings. The predicted octanol–water partition coefficient (Wildman–Crippen LogP) is 3.75. The van der Waals surface area contributed by atoms with Crippen molar-refractivity contribution in [1.82, 2.24) is 5.32 Å². The molecule has 0 bridgehead atoms. The second kappa shape index (κ2) is 6.44. The van der Waals surface area contributed by atoms with Gasteiger partial charge in [-0.15, -0.1) is 0 Å². The molecule has 0 heterocycles. The largest absolute Gasteiger partial charge is 0.507 e. The van der Waals surface area contributed by atoms with Gasteiger partial charge in [0.2, 0.25) is 0 Å². The summed E-state index contributed by atoms with van der Waals surface area (Å²) in [5.41, 5.74) is 2.98. The molecular weight excluding hydrogens is 262 g/mol. The maximum Gasteiger partial charge on any atom is 0.255 e. The van der Waals surface area contributed by atoms with Crippen LogP contribution in [0.15, 0.2) is 42.5 Å². The van der Waals surface area contributed by atoms with Crippen molar-refractivity contribution >= 4 is 5.91 Å². The third-order valence-electron chi connectivity index (χ3n) is 3.56. The Morgan fingerprint density at radius 2 is 1.81 bits per heavy atom. The molecule has 0 saturated carbocycles. The number of carbonyl (C=O) groups is 1. The lowest BCUT2D eigenvalue weighted by Crippen LogP contribution is -2.24. The number of hydrogen-bond acceptors (Lipinski definition) is 2. The zero-order valence-corrected chi connectivity index (χ0v) is 12.7. The summed E-state index contributed by atoms with van der Waals surface area (Å²) in [5, 5.41) is 13.2. The fraction of sp³-hybridized carbons (Fsp3) is 0.278. The molecule has 0 unspecified atom stereocenters. The molecule has 2 N–H and O–H groups in total. The fourth-order valence-electron chi connectivity index (χ4n) is 2.33. The van der Waals surface area contributed by atoms with Gasteiger partial charge in [-0.3, -0.25) is 4.79 Å². The Labute approximate surface area is 125 Å². The Morgan fingerprint density at radius 3 is 2.43 bits per heavy atom. The van der Waals surface area contributed by atoms with Crippen molar-refractivity contribution in [3.63, 3.8) is 0 Å². The molecule has 0 radical (unpaired) electrons. The number of aryl methyl sites for hydroxylation is 1. The summed E-state index contributed by atoms with van der Waals surface area (Å²) in [6.07, 6.45) is 0. The van der Waals surface area contributed by atoms with Crippen LogP contribution in [-0.4, -0.2) is 11.0 Å². The third kappa shape index (κ3) is 3.43. The van der Waals surface area contributed by atoms with Crippen LogP contribution in [0.4, 0.5) is 0 Å². The minimum Gasteiger partial charge on any atom is -0.507 e. The number of phenolic OH excluding ortho intramolecular Hbond substituents is 1. The summed E-state index contributed by atoms with van der Waals surface area (Å²) in [5.74, 6) is 0.0261. The lowest BCUT2D eigenvalue weighted by molar-refractivity contribution is 0.0947. The van der Waals surface area contributed by atoms with E-state index in [9.17, 15) is 9.90 Å². The van der Waals surface area contributed by atoms with Gasteiger partial charge in [-0.05, 0) is 29.5 Å². The van der Waals surface area contributed by atoms with Crippen LogP contribution >= 0.6 is 0 Å². The monoisotopic (exact) mass is 283 g/mol. The highest BCUT2D eigenvalue weighted by Gasteiger charge is 2.18. The summed E-state index contributed by atoms with van der Waals surface area (Å²) in [6, 6.07) is 13.5. The quantitative estimate of drug-likeness (QED) is 0.897. The van der Waals surface area contributed by atoms with Crippen molar-refractivity contribution in [3.8, 4) is 5.75 Å². The molecule has 0 fully saturated rings. The smallest absolute Gasteiger partial charge is 0.255 e. The van der Waals surface area contributed by atoms with E-state index < -0.39 is 0 Å². The lowest BCUT2D eigenvalue weighted by Gasteiger charge is -2.15. The van der Waals surface area contributed by atoms with E-state index in [4.69, 9.17) is 0 Å². The van der Waals surface area contributed by atoms with Crippen LogP contribution in [-0.2, 0) is 6.54 Å². The third-order valence-corrected chi connectivity index (χ3v) is 3.56. The Kier molecular flexibility index (Phi) is 4.63. The number of hydrogen-bond donors (Lipinski definition) is 2. The van der Waals surface area contributed by atoms with Crippen molar-refractivity contribution in [2.75, 3.05) is 0 Å². The summed E-state index contributed by atoms with van der Waals surface area (Å²) >= 11 is 0. The van der Waals surface area contributed by atoms with E-state index >= 15 is 0 Å². The molecule has 110 valence electrons. The van der Waals surface area contributed by atoms with Gasteiger partial charge in [-0.25, -0.2) is 0 Å². The number of nitrogens with one attached hydrogen (secondary N) is 1. The highest BCUT2D eigenvalue weighted by molar-refractivity contribution is 5.98. The summed E-state index contributed by atoms with van der Waals surface area (Å²) in [6.45, 7) is 6.28. The van der Waals surface area contributed by atoms with Crippen LogP contribution in [0, 0.1) is 6.92 Å². The number of phenols is 1. The Balaban J connectivity index is 2.21. The van der Waals surface area contributed by atoms with E-state index in [2.05, 4.69) is 5.32 Å². The molecule has 2 rings (SSSR count). The highest BCUT2D eigenvalue weighted by Crippen LogP contribution is 2.31. The number of amides is 1. The molecule has 2 aromatic carbocycles. The zero-order valence-electron chi connectivity index (χ0n) is 12.7. The first-order chi connectivity index (χ1) is 10.0. The molecule has 0 aliphatic rings. The van der Waals surface area contributed by atoms with Gasteiger partial charge < -0.3 is 10.4 Å². The van der Waals surface area contributed by atoms with Gasteiger partial charge in [0, 0.05) is 6.54 Å². The van der Waals surface area contributed by atoms with Gasteiger partial charge in [-0.1, -0.05) is 56.3 Å². The second-order valence-corrected chi connectivity index (χ2v) is 5.52. The minimum atomic E-state index is -0.239. The van der Waals surface area contributed by atoms with Gasteiger partial charge >= 0.3 is 0 Å². The second-order valence-electron chi connectivity index (χ2n) is 5.52. The Hall–Kier alpha value is -2.29. The fourth-order valence-corrected chi connectivity index (χ4v) is 2.33. The average Bonchev–Trinajstić information content (AvgIpc) is 2.46. The van der Waals surface area contributed by atoms with Gasteiger partial charge in [0.1, 0.15) is 5.75 Å². The molecule has 0 aromatic heterocycles. The van der Waals surface area contributed by atoms with Gasteiger partial charge in [-0.2, -0.15) is 0 Å². The van der Waals surface area contributed by atoms with Crippen molar-refractivity contribution in [1.29, 1.82) is 0 Å². The van der Waals surface area contributed by atoms with Gasteiger partial charge in [0.05, 0.1) is 5.56 Å². The van der Waals surface area contributed by atoms with Crippen LogP contribution in [0.25, 0.3) is 0 Å². The normalized spacial score (nSPS) is 10.7.